The molecule has 1 aliphatic carbocycles. The number of hydrogen-bond donors (Lipinski definition) is 0. The van der Waals surface area contributed by atoms with E-state index in [4.69, 9.17) is 5.26 Å². The predicted octanol–water partition coefficient (Wildman–Crippen LogP) is 0.870. The number of hydrogen-bond acceptors (Lipinski definition) is 5. The summed E-state index contributed by atoms with van der Waals surface area (Å²) in [6.07, 6.45) is 4.24. The molecule has 2 aromatic rings. The second-order valence-corrected chi connectivity index (χ2v) is 4.93. The summed E-state index contributed by atoms with van der Waals surface area (Å²) in [5.74, 6) is 0. The van der Waals surface area contributed by atoms with Crippen LogP contribution in [0.3, 0.4) is 0 Å². The first-order chi connectivity index (χ1) is 9.78. The molecular formula is C13H14N6O. The third-order valence-corrected chi connectivity index (χ3v) is 3.56. The Morgan fingerprint density at radius 3 is 2.85 bits per heavy atom. The predicted molar refractivity (Wildman–Crippen MR) is 69.8 cm³/mol. The van der Waals surface area contributed by atoms with Crippen LogP contribution in [-0.4, -0.2) is 24.8 Å². The number of pyridine rings is 1. The second kappa shape index (κ2) is 5.25. The molecule has 3 rings (SSSR count). The molecule has 1 saturated carbocycles. The highest BCUT2D eigenvalue weighted by atomic mass is 16.2. The molecule has 0 aliphatic heterocycles. The monoisotopic (exact) mass is 270 g/mol. The van der Waals surface area contributed by atoms with Crippen LogP contribution in [0.1, 0.15) is 43.1 Å². The molecule has 1 fully saturated rings. The average Bonchev–Trinajstić information content (AvgIpc) is 3.10. The van der Waals surface area contributed by atoms with E-state index in [9.17, 15) is 4.79 Å². The van der Waals surface area contributed by atoms with E-state index < -0.39 is 0 Å². The summed E-state index contributed by atoms with van der Waals surface area (Å²) in [6, 6.07) is 7.29. The number of rotatable bonds is 3. The van der Waals surface area contributed by atoms with Gasteiger partial charge in [-0.2, -0.15) is 14.6 Å². The van der Waals surface area contributed by atoms with Crippen LogP contribution in [-0.2, 0) is 6.54 Å². The molecule has 7 nitrogen and oxygen atoms in total. The highest BCUT2D eigenvalue weighted by Gasteiger charge is 2.21. The summed E-state index contributed by atoms with van der Waals surface area (Å²) in [5, 5.41) is 16.7. The maximum Gasteiger partial charge on any atom is 0.364 e. The van der Waals surface area contributed by atoms with E-state index in [1.807, 2.05) is 6.07 Å². The third-order valence-electron chi connectivity index (χ3n) is 3.56. The van der Waals surface area contributed by atoms with Crippen LogP contribution in [0.5, 0.6) is 0 Å². The van der Waals surface area contributed by atoms with Crippen molar-refractivity contribution in [2.45, 2.75) is 38.3 Å². The van der Waals surface area contributed by atoms with Crippen LogP contribution in [0.2, 0.25) is 0 Å². The second-order valence-electron chi connectivity index (χ2n) is 4.93. The van der Waals surface area contributed by atoms with Crippen molar-refractivity contribution in [3.05, 3.63) is 40.1 Å². The molecule has 2 heterocycles. The highest BCUT2D eigenvalue weighted by Crippen LogP contribution is 2.27. The van der Waals surface area contributed by atoms with Gasteiger partial charge in [0, 0.05) is 0 Å². The number of nitriles is 1. The summed E-state index contributed by atoms with van der Waals surface area (Å²) < 4.78 is 2.77. The fourth-order valence-corrected chi connectivity index (χ4v) is 2.55. The molecule has 102 valence electrons. The van der Waals surface area contributed by atoms with Gasteiger partial charge in [0.1, 0.15) is 11.8 Å². The first-order valence-electron chi connectivity index (χ1n) is 6.66. The van der Waals surface area contributed by atoms with E-state index in [-0.39, 0.29) is 18.3 Å². The Balaban J connectivity index is 1.84. The standard InChI is InChI=1S/C13H14N6O/c14-8-10-4-3-5-11(15-10)9-18-13(20)19(17-16-18)12-6-1-2-7-12/h3-5,12H,1-2,6-7,9H2. The van der Waals surface area contributed by atoms with Gasteiger partial charge in [-0.3, -0.25) is 0 Å². The first kappa shape index (κ1) is 12.5. The van der Waals surface area contributed by atoms with Crippen molar-refractivity contribution in [3.8, 4) is 6.07 Å². The lowest BCUT2D eigenvalue weighted by molar-refractivity contribution is 0.441. The van der Waals surface area contributed by atoms with Crippen LogP contribution in [0.15, 0.2) is 23.0 Å². The van der Waals surface area contributed by atoms with Crippen LogP contribution in [0.4, 0.5) is 0 Å². The first-order valence-corrected chi connectivity index (χ1v) is 6.66. The molecule has 20 heavy (non-hydrogen) atoms. The van der Waals surface area contributed by atoms with Gasteiger partial charge in [0.2, 0.25) is 0 Å². The molecule has 0 atom stereocenters. The van der Waals surface area contributed by atoms with Gasteiger partial charge in [-0.15, -0.1) is 0 Å². The Bertz CT molecular complexity index is 704. The Hall–Kier alpha value is -2.49. The molecule has 0 unspecified atom stereocenters. The van der Waals surface area contributed by atoms with E-state index in [1.165, 1.54) is 9.36 Å². The number of nitrogens with zero attached hydrogens (tertiary/aromatic N) is 6. The maximum absolute atomic E-state index is 12.2. The van der Waals surface area contributed by atoms with E-state index in [0.717, 1.165) is 25.7 Å². The zero-order valence-electron chi connectivity index (χ0n) is 10.9. The SMILES string of the molecule is N#Cc1cccc(Cn2nnn(C3CCCC3)c2=O)n1. The van der Waals surface area contributed by atoms with E-state index in [2.05, 4.69) is 15.4 Å². The van der Waals surface area contributed by atoms with Crippen molar-refractivity contribution in [3.63, 3.8) is 0 Å². The van der Waals surface area contributed by atoms with E-state index in [1.54, 1.807) is 18.2 Å². The van der Waals surface area contributed by atoms with Crippen molar-refractivity contribution >= 4 is 0 Å². The van der Waals surface area contributed by atoms with Crippen molar-refractivity contribution in [2.24, 2.45) is 0 Å². The van der Waals surface area contributed by atoms with Gasteiger partial charge in [-0.25, -0.2) is 9.78 Å². The van der Waals surface area contributed by atoms with Crippen molar-refractivity contribution < 1.29 is 0 Å². The van der Waals surface area contributed by atoms with Gasteiger partial charge in [0.15, 0.2) is 0 Å². The third kappa shape index (κ3) is 2.32. The molecule has 0 aromatic carbocycles. The molecule has 0 spiro atoms. The fraction of sp³-hybridized carbons (Fsp3) is 0.462. The van der Waals surface area contributed by atoms with Crippen molar-refractivity contribution in [1.29, 1.82) is 5.26 Å². The minimum atomic E-state index is -0.207. The summed E-state index contributed by atoms with van der Waals surface area (Å²) in [5.41, 5.74) is 0.754. The average molecular weight is 270 g/mol. The minimum absolute atomic E-state index is 0.176. The molecule has 0 amide bonds. The molecule has 1 aliphatic rings. The van der Waals surface area contributed by atoms with Crippen LogP contribution >= 0.6 is 0 Å². The molecule has 0 N–H and O–H groups in total. The van der Waals surface area contributed by atoms with Crippen LogP contribution in [0, 0.1) is 11.3 Å². The summed E-state index contributed by atoms with van der Waals surface area (Å²) in [6.45, 7) is 0.237. The molecule has 0 saturated heterocycles. The van der Waals surface area contributed by atoms with Gasteiger partial charge < -0.3 is 0 Å². The van der Waals surface area contributed by atoms with Gasteiger partial charge in [-0.05, 0) is 35.4 Å². The van der Waals surface area contributed by atoms with Gasteiger partial charge in [0.25, 0.3) is 0 Å². The zero-order valence-corrected chi connectivity index (χ0v) is 10.9. The van der Waals surface area contributed by atoms with Crippen LogP contribution < -0.4 is 5.69 Å². The normalized spacial score (nSPS) is 15.3. The summed E-state index contributed by atoms with van der Waals surface area (Å²) in [7, 11) is 0. The molecule has 2 aromatic heterocycles. The lowest BCUT2D eigenvalue weighted by atomic mass is 10.3. The van der Waals surface area contributed by atoms with E-state index >= 15 is 0 Å². The van der Waals surface area contributed by atoms with Gasteiger partial charge >= 0.3 is 5.69 Å². The molecule has 0 bridgehead atoms. The molecule has 7 heteroatoms. The molecule has 0 radical (unpaired) electrons. The zero-order chi connectivity index (χ0) is 13.9. The Labute approximate surface area is 115 Å². The Kier molecular flexibility index (Phi) is 3.29. The number of aromatic nitrogens is 5. The van der Waals surface area contributed by atoms with E-state index in [0.29, 0.717) is 11.4 Å². The number of tetrazole rings is 1. The quantitative estimate of drug-likeness (QED) is 0.825. The Morgan fingerprint density at radius 1 is 1.30 bits per heavy atom. The fourth-order valence-electron chi connectivity index (χ4n) is 2.55. The van der Waals surface area contributed by atoms with Gasteiger partial charge in [-0.1, -0.05) is 18.9 Å². The molecular weight excluding hydrogens is 256 g/mol. The lowest BCUT2D eigenvalue weighted by Gasteiger charge is -2.05. The maximum atomic E-state index is 12.2. The Morgan fingerprint density at radius 2 is 2.10 bits per heavy atom. The highest BCUT2D eigenvalue weighted by molar-refractivity contribution is 5.22. The van der Waals surface area contributed by atoms with Crippen LogP contribution in [0.25, 0.3) is 0 Å². The van der Waals surface area contributed by atoms with Crippen molar-refractivity contribution in [1.82, 2.24) is 24.8 Å². The topological polar surface area (TPSA) is 89.4 Å². The summed E-state index contributed by atoms with van der Waals surface area (Å²) >= 11 is 0. The minimum Gasteiger partial charge on any atom is -0.244 e. The largest absolute Gasteiger partial charge is 0.364 e. The summed E-state index contributed by atoms with van der Waals surface area (Å²) in [4.78, 5) is 16.4. The smallest absolute Gasteiger partial charge is 0.244 e. The van der Waals surface area contributed by atoms with Crippen molar-refractivity contribution in [2.75, 3.05) is 0 Å². The van der Waals surface area contributed by atoms with Gasteiger partial charge in [0.05, 0.1) is 18.3 Å². The lowest BCUT2D eigenvalue weighted by Crippen LogP contribution is -2.28.